The number of unbranched alkanes of at least 4 members (excludes halogenated alkanes) is 1. The van der Waals surface area contributed by atoms with Gasteiger partial charge in [-0.15, -0.1) is 0 Å². The Morgan fingerprint density at radius 3 is 2.67 bits per heavy atom. The Kier molecular flexibility index (Phi) is 6.34. The predicted molar refractivity (Wildman–Crippen MR) is 72.2 cm³/mol. The lowest BCUT2D eigenvalue weighted by atomic mass is 10.1. The molecular weight excluding hydrogens is 226 g/mol. The third kappa shape index (κ3) is 5.35. The molecule has 0 bridgehead atoms. The second-order valence-electron chi connectivity index (χ2n) is 4.09. The van der Waals surface area contributed by atoms with Crippen LogP contribution in [0.1, 0.15) is 25.3 Å². The third-order valence-corrected chi connectivity index (χ3v) is 2.54. The normalized spacial score (nSPS) is 9.56. The minimum atomic E-state index is 0.00421. The van der Waals surface area contributed by atoms with Gasteiger partial charge in [0.2, 0.25) is 5.91 Å². The van der Waals surface area contributed by atoms with Crippen molar-refractivity contribution in [3.63, 3.8) is 0 Å². The van der Waals surface area contributed by atoms with Crippen molar-refractivity contribution in [2.45, 2.75) is 26.2 Å². The Balaban J connectivity index is 2.30. The van der Waals surface area contributed by atoms with Crippen LogP contribution in [0.15, 0.2) is 24.3 Å². The summed E-state index contributed by atoms with van der Waals surface area (Å²) in [6, 6.07) is 9.64. The molecular formula is C14H19N3O. The second-order valence-corrected chi connectivity index (χ2v) is 4.09. The highest BCUT2D eigenvalue weighted by atomic mass is 16.1. The van der Waals surface area contributed by atoms with E-state index in [0.717, 1.165) is 30.6 Å². The largest absolute Gasteiger partial charge is 0.376 e. The Bertz CT molecular complexity index is 406. The average Bonchev–Trinajstić information content (AvgIpc) is 2.39. The molecule has 18 heavy (non-hydrogen) atoms. The minimum Gasteiger partial charge on any atom is -0.376 e. The van der Waals surface area contributed by atoms with Gasteiger partial charge in [-0.1, -0.05) is 25.5 Å². The summed E-state index contributed by atoms with van der Waals surface area (Å²) in [4.78, 5) is 11.4. The summed E-state index contributed by atoms with van der Waals surface area (Å²) in [5.41, 5.74) is 1.87. The standard InChI is InChI=1S/C14H19N3O/c1-2-3-10-16-14(18)11-17-13-6-4-12(5-7-13)8-9-15/h4-7,17H,2-3,8,10-11H2,1H3,(H,16,18). The highest BCUT2D eigenvalue weighted by Gasteiger charge is 2.00. The van der Waals surface area contributed by atoms with Gasteiger partial charge >= 0.3 is 0 Å². The Morgan fingerprint density at radius 2 is 2.06 bits per heavy atom. The second kappa shape index (κ2) is 8.13. The van der Waals surface area contributed by atoms with E-state index in [4.69, 9.17) is 5.26 Å². The fourth-order valence-electron chi connectivity index (χ4n) is 1.48. The fraction of sp³-hybridized carbons (Fsp3) is 0.429. The quantitative estimate of drug-likeness (QED) is 0.723. The minimum absolute atomic E-state index is 0.00421. The Morgan fingerprint density at radius 1 is 1.33 bits per heavy atom. The molecule has 0 spiro atoms. The molecule has 96 valence electrons. The first kappa shape index (κ1) is 14.0. The van der Waals surface area contributed by atoms with Crippen LogP contribution in [0.5, 0.6) is 0 Å². The van der Waals surface area contributed by atoms with Crippen LogP contribution in [-0.2, 0) is 11.2 Å². The Hall–Kier alpha value is -2.02. The van der Waals surface area contributed by atoms with Crippen LogP contribution < -0.4 is 10.6 Å². The van der Waals surface area contributed by atoms with Gasteiger partial charge in [-0.05, 0) is 24.1 Å². The maximum absolute atomic E-state index is 11.4. The molecule has 0 aliphatic heterocycles. The van der Waals surface area contributed by atoms with Gasteiger partial charge in [0.1, 0.15) is 0 Å². The van der Waals surface area contributed by atoms with E-state index in [9.17, 15) is 4.79 Å². The molecule has 1 aromatic rings. The van der Waals surface area contributed by atoms with Crippen LogP contribution in [0.2, 0.25) is 0 Å². The van der Waals surface area contributed by atoms with Gasteiger partial charge < -0.3 is 10.6 Å². The van der Waals surface area contributed by atoms with E-state index in [2.05, 4.69) is 23.6 Å². The van der Waals surface area contributed by atoms with E-state index in [1.165, 1.54) is 0 Å². The summed E-state index contributed by atoms with van der Waals surface area (Å²) in [6.07, 6.45) is 2.50. The van der Waals surface area contributed by atoms with Crippen molar-refractivity contribution in [3.05, 3.63) is 29.8 Å². The molecule has 4 nitrogen and oxygen atoms in total. The molecule has 0 saturated carbocycles. The number of amides is 1. The first-order chi connectivity index (χ1) is 8.76. The number of benzene rings is 1. The molecule has 0 aliphatic carbocycles. The lowest BCUT2D eigenvalue weighted by Gasteiger charge is -2.07. The molecule has 0 saturated heterocycles. The number of nitriles is 1. The number of anilines is 1. The lowest BCUT2D eigenvalue weighted by Crippen LogP contribution is -2.30. The molecule has 2 N–H and O–H groups in total. The molecule has 0 aromatic heterocycles. The molecule has 1 aromatic carbocycles. The third-order valence-electron chi connectivity index (χ3n) is 2.54. The molecule has 0 heterocycles. The van der Waals surface area contributed by atoms with Crippen LogP contribution >= 0.6 is 0 Å². The van der Waals surface area contributed by atoms with Crippen LogP contribution in [0.3, 0.4) is 0 Å². The Labute approximate surface area is 108 Å². The monoisotopic (exact) mass is 245 g/mol. The zero-order chi connectivity index (χ0) is 13.2. The summed E-state index contributed by atoms with van der Waals surface area (Å²) >= 11 is 0. The summed E-state index contributed by atoms with van der Waals surface area (Å²) in [5, 5.41) is 14.4. The van der Waals surface area contributed by atoms with E-state index in [1.807, 2.05) is 24.3 Å². The van der Waals surface area contributed by atoms with Crippen LogP contribution in [0, 0.1) is 11.3 Å². The molecule has 0 unspecified atom stereocenters. The van der Waals surface area contributed by atoms with Gasteiger partial charge in [-0.25, -0.2) is 0 Å². The number of hydrogen-bond donors (Lipinski definition) is 2. The fourth-order valence-corrected chi connectivity index (χ4v) is 1.48. The zero-order valence-corrected chi connectivity index (χ0v) is 10.7. The summed E-state index contributed by atoms with van der Waals surface area (Å²) < 4.78 is 0. The van der Waals surface area contributed by atoms with Gasteiger partial charge in [0.25, 0.3) is 0 Å². The van der Waals surface area contributed by atoms with Crippen molar-refractivity contribution in [2.75, 3.05) is 18.4 Å². The van der Waals surface area contributed by atoms with Gasteiger partial charge in [0.15, 0.2) is 0 Å². The van der Waals surface area contributed by atoms with Crippen molar-refractivity contribution in [2.24, 2.45) is 0 Å². The maximum Gasteiger partial charge on any atom is 0.239 e. The molecule has 0 radical (unpaired) electrons. The lowest BCUT2D eigenvalue weighted by molar-refractivity contribution is -0.119. The van der Waals surface area contributed by atoms with Crippen molar-refractivity contribution in [1.82, 2.24) is 5.32 Å². The highest BCUT2D eigenvalue weighted by molar-refractivity contribution is 5.80. The van der Waals surface area contributed by atoms with Crippen molar-refractivity contribution >= 4 is 11.6 Å². The average molecular weight is 245 g/mol. The molecule has 0 fully saturated rings. The van der Waals surface area contributed by atoms with E-state index in [0.29, 0.717) is 6.42 Å². The number of nitrogens with one attached hydrogen (secondary N) is 2. The number of hydrogen-bond acceptors (Lipinski definition) is 3. The van der Waals surface area contributed by atoms with Gasteiger partial charge in [-0.3, -0.25) is 4.79 Å². The van der Waals surface area contributed by atoms with Gasteiger partial charge in [0.05, 0.1) is 19.0 Å². The van der Waals surface area contributed by atoms with Gasteiger partial charge in [-0.2, -0.15) is 5.26 Å². The van der Waals surface area contributed by atoms with Crippen LogP contribution in [0.25, 0.3) is 0 Å². The topological polar surface area (TPSA) is 64.9 Å². The number of nitrogens with zero attached hydrogens (tertiary/aromatic N) is 1. The van der Waals surface area contributed by atoms with Crippen LogP contribution in [0.4, 0.5) is 5.69 Å². The SMILES string of the molecule is CCCCNC(=O)CNc1ccc(CC#N)cc1. The molecule has 0 aliphatic rings. The van der Waals surface area contributed by atoms with E-state index in [1.54, 1.807) is 0 Å². The van der Waals surface area contributed by atoms with E-state index < -0.39 is 0 Å². The van der Waals surface area contributed by atoms with Crippen molar-refractivity contribution in [1.29, 1.82) is 5.26 Å². The summed E-state index contributed by atoms with van der Waals surface area (Å²) in [7, 11) is 0. The van der Waals surface area contributed by atoms with Crippen LogP contribution in [-0.4, -0.2) is 19.0 Å². The van der Waals surface area contributed by atoms with E-state index >= 15 is 0 Å². The summed E-state index contributed by atoms with van der Waals surface area (Å²) in [6.45, 7) is 3.10. The van der Waals surface area contributed by atoms with Crippen molar-refractivity contribution in [3.8, 4) is 6.07 Å². The van der Waals surface area contributed by atoms with E-state index in [-0.39, 0.29) is 12.5 Å². The zero-order valence-electron chi connectivity index (χ0n) is 10.7. The number of carbonyl (C=O) groups excluding carboxylic acids is 1. The van der Waals surface area contributed by atoms with Crippen molar-refractivity contribution < 1.29 is 4.79 Å². The first-order valence-electron chi connectivity index (χ1n) is 6.22. The van der Waals surface area contributed by atoms with Gasteiger partial charge in [0, 0.05) is 12.2 Å². The predicted octanol–water partition coefficient (Wildman–Crippen LogP) is 2.08. The molecule has 0 atom stereocenters. The first-order valence-corrected chi connectivity index (χ1v) is 6.22. The number of rotatable bonds is 7. The maximum atomic E-state index is 11.4. The summed E-state index contributed by atoms with van der Waals surface area (Å²) in [5.74, 6) is 0.00421. The molecule has 1 rings (SSSR count). The smallest absolute Gasteiger partial charge is 0.239 e. The number of carbonyl (C=O) groups is 1. The molecule has 4 heteroatoms. The molecule has 1 amide bonds. The highest BCUT2D eigenvalue weighted by Crippen LogP contribution is 2.09.